The second kappa shape index (κ2) is 6.85. The Morgan fingerprint density at radius 2 is 2.29 bits per heavy atom. The molecule has 0 aliphatic rings. The molecule has 0 unspecified atom stereocenters. The quantitative estimate of drug-likeness (QED) is 0.787. The van der Waals surface area contributed by atoms with E-state index in [-0.39, 0.29) is 31.3 Å². The number of carbonyl (C=O) groups is 1. The third-order valence-electron chi connectivity index (χ3n) is 2.14. The van der Waals surface area contributed by atoms with Crippen molar-refractivity contribution in [3.8, 4) is 5.75 Å². The van der Waals surface area contributed by atoms with Gasteiger partial charge in [-0.05, 0) is 24.6 Å². The second-order valence-electron chi connectivity index (χ2n) is 3.47. The third-order valence-corrected chi connectivity index (χ3v) is 2.14. The largest absolute Gasteiger partial charge is 0.490 e. The van der Waals surface area contributed by atoms with Crippen LogP contribution in [0.4, 0.5) is 4.39 Å². The van der Waals surface area contributed by atoms with Crippen LogP contribution in [0.25, 0.3) is 0 Å². The summed E-state index contributed by atoms with van der Waals surface area (Å²) in [5.74, 6) is -0.571. The molecule has 1 amide bonds. The van der Waals surface area contributed by atoms with Crippen molar-refractivity contribution in [1.29, 1.82) is 0 Å². The predicted octanol–water partition coefficient (Wildman–Crippen LogP) is 1.22. The number of hydrogen-bond acceptors (Lipinski definition) is 3. The average molecular weight is 241 g/mol. The number of aliphatic hydroxyl groups is 1. The van der Waals surface area contributed by atoms with E-state index in [0.717, 1.165) is 0 Å². The van der Waals surface area contributed by atoms with Gasteiger partial charge in [0.2, 0.25) is 5.91 Å². The molecule has 0 atom stereocenters. The molecule has 2 N–H and O–H groups in total. The minimum atomic E-state index is -0.535. The molecule has 0 saturated heterocycles. The van der Waals surface area contributed by atoms with Crippen LogP contribution in [0.2, 0.25) is 0 Å². The molecule has 0 radical (unpaired) electrons. The van der Waals surface area contributed by atoms with Gasteiger partial charge in [0.25, 0.3) is 0 Å². The highest BCUT2D eigenvalue weighted by molar-refractivity contribution is 5.75. The van der Waals surface area contributed by atoms with Crippen LogP contribution in [0.15, 0.2) is 18.2 Å². The van der Waals surface area contributed by atoms with E-state index in [9.17, 15) is 9.18 Å². The highest BCUT2D eigenvalue weighted by atomic mass is 19.1. The maximum absolute atomic E-state index is 13.4. The molecule has 5 heteroatoms. The van der Waals surface area contributed by atoms with Gasteiger partial charge in [-0.15, -0.1) is 0 Å². The highest BCUT2D eigenvalue weighted by Crippen LogP contribution is 2.18. The van der Waals surface area contributed by atoms with Gasteiger partial charge in [0.15, 0.2) is 11.6 Å². The van der Waals surface area contributed by atoms with Crippen LogP contribution in [-0.2, 0) is 11.4 Å². The van der Waals surface area contributed by atoms with Gasteiger partial charge < -0.3 is 15.2 Å². The summed E-state index contributed by atoms with van der Waals surface area (Å²) in [7, 11) is 0. The standard InChI is InChI=1S/C12H16FNO3/c1-2-14-12(16)5-6-17-11-4-3-9(8-15)7-10(11)13/h3-4,7,15H,2,5-6,8H2,1H3,(H,14,16). The van der Waals surface area contributed by atoms with Crippen molar-refractivity contribution < 1.29 is 19.0 Å². The smallest absolute Gasteiger partial charge is 0.223 e. The maximum Gasteiger partial charge on any atom is 0.223 e. The van der Waals surface area contributed by atoms with Crippen LogP contribution in [0.3, 0.4) is 0 Å². The van der Waals surface area contributed by atoms with E-state index in [2.05, 4.69) is 5.32 Å². The molecule has 94 valence electrons. The number of halogens is 1. The molecule has 0 aliphatic heterocycles. The lowest BCUT2D eigenvalue weighted by Gasteiger charge is -2.08. The van der Waals surface area contributed by atoms with Gasteiger partial charge in [-0.1, -0.05) is 6.07 Å². The summed E-state index contributed by atoms with van der Waals surface area (Å²) in [5.41, 5.74) is 0.485. The van der Waals surface area contributed by atoms with Crippen LogP contribution in [0.5, 0.6) is 5.75 Å². The number of benzene rings is 1. The molecule has 1 aromatic carbocycles. The van der Waals surface area contributed by atoms with E-state index in [1.54, 1.807) is 6.07 Å². The Labute approximate surface area is 99.4 Å². The van der Waals surface area contributed by atoms with Crippen LogP contribution in [0.1, 0.15) is 18.9 Å². The number of aliphatic hydroxyl groups excluding tert-OH is 1. The number of amides is 1. The molecule has 17 heavy (non-hydrogen) atoms. The van der Waals surface area contributed by atoms with Gasteiger partial charge in [0.05, 0.1) is 19.6 Å². The molecule has 0 heterocycles. The number of nitrogens with one attached hydrogen (secondary N) is 1. The van der Waals surface area contributed by atoms with Crippen molar-refractivity contribution in [3.63, 3.8) is 0 Å². The Bertz CT molecular complexity index is 382. The lowest BCUT2D eigenvalue weighted by molar-refractivity contribution is -0.121. The van der Waals surface area contributed by atoms with Crippen LogP contribution in [-0.4, -0.2) is 24.2 Å². The lowest BCUT2D eigenvalue weighted by Crippen LogP contribution is -2.24. The van der Waals surface area contributed by atoms with E-state index in [0.29, 0.717) is 12.1 Å². The molecule has 0 fully saturated rings. The summed E-state index contributed by atoms with van der Waals surface area (Å²) in [6, 6.07) is 4.23. The summed E-state index contributed by atoms with van der Waals surface area (Å²) in [5, 5.41) is 11.4. The Morgan fingerprint density at radius 1 is 1.53 bits per heavy atom. The molecular weight excluding hydrogens is 225 g/mol. The van der Waals surface area contributed by atoms with E-state index >= 15 is 0 Å². The van der Waals surface area contributed by atoms with Crippen molar-refractivity contribution in [2.75, 3.05) is 13.2 Å². The first-order valence-corrected chi connectivity index (χ1v) is 5.46. The Hall–Kier alpha value is -1.62. The van der Waals surface area contributed by atoms with Crippen molar-refractivity contribution in [3.05, 3.63) is 29.6 Å². The number of ether oxygens (including phenoxy) is 1. The summed E-state index contributed by atoms with van der Waals surface area (Å²) < 4.78 is 18.5. The molecule has 0 spiro atoms. The molecule has 0 aliphatic carbocycles. The first-order chi connectivity index (χ1) is 8.17. The highest BCUT2D eigenvalue weighted by Gasteiger charge is 2.05. The van der Waals surface area contributed by atoms with E-state index in [1.165, 1.54) is 12.1 Å². The Kier molecular flexibility index (Phi) is 5.42. The first kappa shape index (κ1) is 13.4. The van der Waals surface area contributed by atoms with Crippen LogP contribution < -0.4 is 10.1 Å². The Balaban J connectivity index is 2.44. The van der Waals surface area contributed by atoms with E-state index < -0.39 is 5.82 Å². The molecule has 0 bridgehead atoms. The molecule has 1 rings (SSSR count). The fourth-order valence-corrected chi connectivity index (χ4v) is 1.30. The zero-order valence-electron chi connectivity index (χ0n) is 9.70. The second-order valence-corrected chi connectivity index (χ2v) is 3.47. The van der Waals surface area contributed by atoms with Crippen molar-refractivity contribution in [2.45, 2.75) is 20.0 Å². The van der Waals surface area contributed by atoms with Gasteiger partial charge >= 0.3 is 0 Å². The zero-order chi connectivity index (χ0) is 12.7. The summed E-state index contributed by atoms with van der Waals surface area (Å²) in [4.78, 5) is 11.1. The van der Waals surface area contributed by atoms with Gasteiger partial charge in [-0.3, -0.25) is 4.79 Å². The molecule has 0 saturated carbocycles. The molecule has 0 aromatic heterocycles. The topological polar surface area (TPSA) is 58.6 Å². The van der Waals surface area contributed by atoms with Crippen LogP contribution in [0, 0.1) is 5.82 Å². The SMILES string of the molecule is CCNC(=O)CCOc1ccc(CO)cc1F. The average Bonchev–Trinajstić information content (AvgIpc) is 2.31. The van der Waals surface area contributed by atoms with Crippen molar-refractivity contribution >= 4 is 5.91 Å². The molecule has 1 aromatic rings. The fourth-order valence-electron chi connectivity index (χ4n) is 1.30. The van der Waals surface area contributed by atoms with Gasteiger partial charge in [0, 0.05) is 6.54 Å². The maximum atomic E-state index is 13.4. The van der Waals surface area contributed by atoms with E-state index in [1.807, 2.05) is 6.92 Å². The van der Waals surface area contributed by atoms with Gasteiger partial charge in [-0.2, -0.15) is 0 Å². The number of hydrogen-bond donors (Lipinski definition) is 2. The molecular formula is C12H16FNO3. The van der Waals surface area contributed by atoms with Crippen LogP contribution >= 0.6 is 0 Å². The first-order valence-electron chi connectivity index (χ1n) is 5.46. The number of rotatable bonds is 6. The molecule has 4 nitrogen and oxygen atoms in total. The lowest BCUT2D eigenvalue weighted by atomic mass is 10.2. The monoisotopic (exact) mass is 241 g/mol. The minimum Gasteiger partial charge on any atom is -0.490 e. The van der Waals surface area contributed by atoms with Crippen molar-refractivity contribution in [2.24, 2.45) is 0 Å². The van der Waals surface area contributed by atoms with Gasteiger partial charge in [0.1, 0.15) is 0 Å². The zero-order valence-corrected chi connectivity index (χ0v) is 9.70. The number of carbonyl (C=O) groups excluding carboxylic acids is 1. The van der Waals surface area contributed by atoms with Gasteiger partial charge in [-0.25, -0.2) is 4.39 Å². The third kappa shape index (κ3) is 4.40. The van der Waals surface area contributed by atoms with Crippen molar-refractivity contribution in [1.82, 2.24) is 5.32 Å². The summed E-state index contributed by atoms with van der Waals surface area (Å²) in [6.45, 7) is 2.31. The predicted molar refractivity (Wildman–Crippen MR) is 61.1 cm³/mol. The Morgan fingerprint density at radius 3 is 2.88 bits per heavy atom. The van der Waals surface area contributed by atoms with E-state index in [4.69, 9.17) is 9.84 Å². The summed E-state index contributed by atoms with van der Waals surface area (Å²) in [6.07, 6.45) is 0.190. The fraction of sp³-hybridized carbons (Fsp3) is 0.417. The normalized spacial score (nSPS) is 10.1. The minimum absolute atomic E-state index is 0.0894. The summed E-state index contributed by atoms with van der Waals surface area (Å²) >= 11 is 0.